The number of carbonyl (C=O) groups is 1. The number of hydrogen-bond donors (Lipinski definition) is 0. The molecular formula is C27H29N3O3S. The molecule has 0 saturated heterocycles. The van der Waals surface area contributed by atoms with Gasteiger partial charge in [0.05, 0.1) is 17.4 Å². The van der Waals surface area contributed by atoms with E-state index in [9.17, 15) is 4.79 Å². The fourth-order valence-electron chi connectivity index (χ4n) is 3.75. The summed E-state index contributed by atoms with van der Waals surface area (Å²) in [4.78, 5) is 22.8. The number of para-hydroxylation sites is 3. The molecule has 0 aliphatic carbocycles. The highest BCUT2D eigenvalue weighted by Crippen LogP contribution is 2.35. The van der Waals surface area contributed by atoms with E-state index in [2.05, 4.69) is 18.7 Å². The molecule has 0 radical (unpaired) electrons. The summed E-state index contributed by atoms with van der Waals surface area (Å²) in [5.74, 6) is 1.76. The Kier molecular flexibility index (Phi) is 7.77. The second kappa shape index (κ2) is 11.1. The first kappa shape index (κ1) is 23.7. The van der Waals surface area contributed by atoms with Crippen LogP contribution < -0.4 is 14.4 Å². The summed E-state index contributed by atoms with van der Waals surface area (Å²) in [6.45, 7) is 7.35. The molecule has 1 heterocycles. The summed E-state index contributed by atoms with van der Waals surface area (Å²) in [5, 5.41) is 0.645. The summed E-state index contributed by atoms with van der Waals surface area (Å²) >= 11 is 1.49. The largest absolute Gasteiger partial charge is 0.494 e. The predicted octanol–water partition coefficient (Wildman–Crippen LogP) is 6.09. The minimum absolute atomic E-state index is 0.142. The van der Waals surface area contributed by atoms with Gasteiger partial charge in [0.15, 0.2) is 5.13 Å². The average molecular weight is 476 g/mol. The second-order valence-electron chi connectivity index (χ2n) is 7.70. The highest BCUT2D eigenvalue weighted by atomic mass is 32.1. The molecule has 3 aromatic carbocycles. The number of nitrogens with zero attached hydrogens (tertiary/aromatic N) is 3. The van der Waals surface area contributed by atoms with E-state index in [0.717, 1.165) is 29.9 Å². The van der Waals surface area contributed by atoms with Crippen LogP contribution in [0.1, 0.15) is 24.2 Å². The summed E-state index contributed by atoms with van der Waals surface area (Å²) in [6, 6.07) is 22.7. The fourth-order valence-corrected chi connectivity index (χ4v) is 4.76. The Labute approximate surface area is 204 Å². The van der Waals surface area contributed by atoms with Crippen molar-refractivity contribution in [2.75, 3.05) is 38.2 Å². The molecule has 0 atom stereocenters. The van der Waals surface area contributed by atoms with Gasteiger partial charge in [-0.05, 0) is 49.5 Å². The summed E-state index contributed by atoms with van der Waals surface area (Å²) in [6.07, 6.45) is 0. The molecule has 4 rings (SSSR count). The maximum absolute atomic E-state index is 13.9. The van der Waals surface area contributed by atoms with Gasteiger partial charge in [-0.15, -0.1) is 0 Å². The van der Waals surface area contributed by atoms with Gasteiger partial charge in [-0.25, -0.2) is 4.98 Å². The van der Waals surface area contributed by atoms with E-state index in [1.807, 2.05) is 66.7 Å². The lowest BCUT2D eigenvalue weighted by Gasteiger charge is -2.25. The van der Waals surface area contributed by atoms with E-state index < -0.39 is 0 Å². The monoisotopic (exact) mass is 475 g/mol. The van der Waals surface area contributed by atoms with Crippen molar-refractivity contribution in [1.29, 1.82) is 0 Å². The number of thiazole rings is 1. The predicted molar refractivity (Wildman–Crippen MR) is 139 cm³/mol. The molecule has 34 heavy (non-hydrogen) atoms. The number of carbonyl (C=O) groups excluding carboxylic acids is 1. The molecule has 0 N–H and O–H groups in total. The Balaban J connectivity index is 1.72. The summed E-state index contributed by atoms with van der Waals surface area (Å²) in [5.41, 5.74) is 1.26. The third kappa shape index (κ3) is 5.21. The SMILES string of the molecule is CCN(CC)CCN(C(=O)c1ccccc1Oc1ccccc1)c1nc2c(OC)cccc2s1. The zero-order valence-corrected chi connectivity index (χ0v) is 20.5. The molecule has 0 aliphatic heterocycles. The van der Waals surface area contributed by atoms with E-state index in [0.29, 0.717) is 34.5 Å². The van der Waals surface area contributed by atoms with Crippen LogP contribution in [0.4, 0.5) is 5.13 Å². The van der Waals surface area contributed by atoms with Crippen LogP contribution in [-0.2, 0) is 0 Å². The Hall–Kier alpha value is -3.42. The van der Waals surface area contributed by atoms with Crippen molar-refractivity contribution in [3.8, 4) is 17.2 Å². The first-order chi connectivity index (χ1) is 16.6. The van der Waals surface area contributed by atoms with Gasteiger partial charge >= 0.3 is 0 Å². The molecule has 0 saturated carbocycles. The lowest BCUT2D eigenvalue weighted by molar-refractivity contribution is 0.0981. The van der Waals surface area contributed by atoms with Crippen LogP contribution in [0.25, 0.3) is 10.2 Å². The normalized spacial score (nSPS) is 11.1. The van der Waals surface area contributed by atoms with Crippen molar-refractivity contribution < 1.29 is 14.3 Å². The number of anilines is 1. The van der Waals surface area contributed by atoms with Crippen molar-refractivity contribution in [3.05, 3.63) is 78.4 Å². The number of ether oxygens (including phenoxy) is 2. The van der Waals surface area contributed by atoms with Crippen LogP contribution in [0.2, 0.25) is 0 Å². The lowest BCUT2D eigenvalue weighted by Crippen LogP contribution is -2.39. The van der Waals surface area contributed by atoms with Gasteiger partial charge in [-0.3, -0.25) is 9.69 Å². The Morgan fingerprint density at radius 2 is 1.59 bits per heavy atom. The van der Waals surface area contributed by atoms with E-state index in [-0.39, 0.29) is 5.91 Å². The maximum Gasteiger partial charge on any atom is 0.263 e. The van der Waals surface area contributed by atoms with Crippen molar-refractivity contribution >= 4 is 32.6 Å². The number of hydrogen-bond acceptors (Lipinski definition) is 6. The van der Waals surface area contributed by atoms with Crippen molar-refractivity contribution in [2.45, 2.75) is 13.8 Å². The van der Waals surface area contributed by atoms with Gasteiger partial charge in [0.1, 0.15) is 22.8 Å². The molecule has 0 spiro atoms. The number of amides is 1. The first-order valence-corrected chi connectivity index (χ1v) is 12.3. The minimum atomic E-state index is -0.142. The van der Waals surface area contributed by atoms with Crippen LogP contribution >= 0.6 is 11.3 Å². The smallest absolute Gasteiger partial charge is 0.263 e. The number of fused-ring (bicyclic) bond motifs is 1. The molecule has 1 aromatic heterocycles. The number of rotatable bonds is 10. The topological polar surface area (TPSA) is 54.9 Å². The maximum atomic E-state index is 13.9. The number of methoxy groups -OCH3 is 1. The number of benzene rings is 3. The fraction of sp³-hybridized carbons (Fsp3) is 0.259. The summed E-state index contributed by atoms with van der Waals surface area (Å²) in [7, 11) is 1.63. The van der Waals surface area contributed by atoms with E-state index >= 15 is 0 Å². The first-order valence-electron chi connectivity index (χ1n) is 11.4. The standard InChI is InChI=1S/C27H29N3O3S/c1-4-29(5-2)18-19-30(27-28-25-23(32-3)16-11-17-24(25)34-27)26(31)21-14-9-10-15-22(21)33-20-12-7-6-8-13-20/h6-17H,4-5,18-19H2,1-3H3. The van der Waals surface area contributed by atoms with Gasteiger partial charge in [0, 0.05) is 13.1 Å². The van der Waals surface area contributed by atoms with E-state index in [1.54, 1.807) is 18.1 Å². The van der Waals surface area contributed by atoms with Crippen LogP contribution in [0.5, 0.6) is 17.2 Å². The van der Waals surface area contributed by atoms with Gasteiger partial charge in [0.2, 0.25) is 0 Å². The molecule has 0 fully saturated rings. The lowest BCUT2D eigenvalue weighted by atomic mass is 10.1. The molecule has 6 nitrogen and oxygen atoms in total. The van der Waals surface area contributed by atoms with Crippen LogP contribution in [0.15, 0.2) is 72.8 Å². The molecule has 0 bridgehead atoms. The highest BCUT2D eigenvalue weighted by Gasteiger charge is 2.25. The van der Waals surface area contributed by atoms with Gasteiger partial charge in [0.25, 0.3) is 5.91 Å². The van der Waals surface area contributed by atoms with E-state index in [1.165, 1.54) is 11.3 Å². The van der Waals surface area contributed by atoms with Crippen LogP contribution in [0.3, 0.4) is 0 Å². The average Bonchev–Trinajstić information content (AvgIpc) is 3.31. The molecule has 4 aromatic rings. The third-order valence-corrected chi connectivity index (χ3v) is 6.73. The van der Waals surface area contributed by atoms with Gasteiger partial charge in [-0.1, -0.05) is 61.6 Å². The van der Waals surface area contributed by atoms with Crippen molar-refractivity contribution in [2.24, 2.45) is 0 Å². The van der Waals surface area contributed by atoms with E-state index in [4.69, 9.17) is 14.5 Å². The zero-order valence-electron chi connectivity index (χ0n) is 19.7. The molecule has 1 amide bonds. The molecule has 0 aliphatic rings. The molecular weight excluding hydrogens is 446 g/mol. The van der Waals surface area contributed by atoms with Crippen LogP contribution in [-0.4, -0.2) is 49.1 Å². The quantitative estimate of drug-likeness (QED) is 0.278. The van der Waals surface area contributed by atoms with Crippen LogP contribution in [0, 0.1) is 0 Å². The zero-order chi connectivity index (χ0) is 23.9. The van der Waals surface area contributed by atoms with Crippen molar-refractivity contribution in [3.63, 3.8) is 0 Å². The molecule has 7 heteroatoms. The number of aromatic nitrogens is 1. The summed E-state index contributed by atoms with van der Waals surface area (Å²) < 4.78 is 12.6. The third-order valence-electron chi connectivity index (χ3n) is 5.69. The number of likely N-dealkylation sites (N-methyl/N-ethyl adjacent to an activating group) is 1. The molecule has 0 unspecified atom stereocenters. The highest BCUT2D eigenvalue weighted by molar-refractivity contribution is 7.22. The Bertz CT molecular complexity index is 1240. The second-order valence-corrected chi connectivity index (χ2v) is 8.71. The van der Waals surface area contributed by atoms with Gasteiger partial charge in [-0.2, -0.15) is 0 Å². The minimum Gasteiger partial charge on any atom is -0.494 e. The van der Waals surface area contributed by atoms with Crippen molar-refractivity contribution in [1.82, 2.24) is 9.88 Å². The molecule has 176 valence electrons. The Morgan fingerprint density at radius 1 is 0.882 bits per heavy atom. The van der Waals surface area contributed by atoms with Gasteiger partial charge < -0.3 is 14.4 Å². The Morgan fingerprint density at radius 3 is 2.32 bits per heavy atom.